The fourth-order valence-electron chi connectivity index (χ4n) is 2.45. The summed E-state index contributed by atoms with van der Waals surface area (Å²) >= 11 is 1.70. The fourth-order valence-corrected chi connectivity index (χ4v) is 3.08. The Labute approximate surface area is 125 Å². The van der Waals surface area contributed by atoms with Gasteiger partial charge in [0.15, 0.2) is 0 Å². The molecule has 20 heavy (non-hydrogen) atoms. The molecule has 108 valence electrons. The number of thiazole rings is 1. The van der Waals surface area contributed by atoms with Crippen LogP contribution in [0.1, 0.15) is 29.3 Å². The van der Waals surface area contributed by atoms with E-state index in [1.807, 2.05) is 13.0 Å². The first-order valence-corrected chi connectivity index (χ1v) is 7.84. The maximum atomic E-state index is 5.74. The monoisotopic (exact) mass is 290 g/mol. The van der Waals surface area contributed by atoms with E-state index >= 15 is 0 Å². The molecule has 1 aromatic carbocycles. The molecule has 0 aliphatic carbocycles. The van der Waals surface area contributed by atoms with Gasteiger partial charge in [0.2, 0.25) is 0 Å². The SMILES string of the molecule is CCNC(Cc1csc(C)n1)C(OC)c1ccccc1. The molecule has 0 spiro atoms. The van der Waals surface area contributed by atoms with E-state index in [-0.39, 0.29) is 12.1 Å². The van der Waals surface area contributed by atoms with Gasteiger partial charge >= 0.3 is 0 Å². The summed E-state index contributed by atoms with van der Waals surface area (Å²) in [7, 11) is 1.77. The average molecular weight is 290 g/mol. The van der Waals surface area contributed by atoms with Gasteiger partial charge in [-0.15, -0.1) is 11.3 Å². The quantitative estimate of drug-likeness (QED) is 0.849. The predicted octanol–water partition coefficient (Wildman–Crippen LogP) is 3.36. The molecule has 2 atom stereocenters. The molecule has 0 aliphatic heterocycles. The Balaban J connectivity index is 2.17. The van der Waals surface area contributed by atoms with E-state index in [1.54, 1.807) is 18.4 Å². The molecule has 2 aromatic rings. The Morgan fingerprint density at radius 1 is 1.30 bits per heavy atom. The molecule has 1 N–H and O–H groups in total. The summed E-state index contributed by atoms with van der Waals surface area (Å²) in [5, 5.41) is 6.78. The summed E-state index contributed by atoms with van der Waals surface area (Å²) in [6.45, 7) is 5.08. The number of benzene rings is 1. The molecule has 0 radical (unpaired) electrons. The highest BCUT2D eigenvalue weighted by Crippen LogP contribution is 2.23. The first-order chi connectivity index (χ1) is 9.74. The molecule has 0 amide bonds. The number of rotatable bonds is 7. The normalized spacial score (nSPS) is 14.2. The van der Waals surface area contributed by atoms with E-state index in [0.717, 1.165) is 23.7 Å². The van der Waals surface area contributed by atoms with Crippen molar-refractivity contribution < 1.29 is 4.74 Å². The predicted molar refractivity (Wildman–Crippen MR) is 84.2 cm³/mol. The van der Waals surface area contributed by atoms with Crippen molar-refractivity contribution in [3.05, 3.63) is 52.0 Å². The van der Waals surface area contributed by atoms with Gasteiger partial charge in [0.1, 0.15) is 0 Å². The van der Waals surface area contributed by atoms with E-state index in [4.69, 9.17) is 4.74 Å². The standard InChI is InChI=1S/C16H22N2OS/c1-4-17-15(10-14-11-20-12(2)18-14)16(19-3)13-8-6-5-7-9-13/h5-9,11,15-17H,4,10H2,1-3H3. The van der Waals surface area contributed by atoms with Crippen LogP contribution in [0.15, 0.2) is 35.7 Å². The topological polar surface area (TPSA) is 34.2 Å². The van der Waals surface area contributed by atoms with E-state index in [0.29, 0.717) is 0 Å². The lowest BCUT2D eigenvalue weighted by molar-refractivity contribution is 0.0681. The first-order valence-electron chi connectivity index (χ1n) is 6.96. The number of likely N-dealkylation sites (N-methyl/N-ethyl adjacent to an activating group) is 1. The molecule has 0 bridgehead atoms. The Hall–Kier alpha value is -1.23. The van der Waals surface area contributed by atoms with Crippen LogP contribution < -0.4 is 5.32 Å². The minimum absolute atomic E-state index is 0.0400. The van der Waals surface area contributed by atoms with Crippen LogP contribution in [0.25, 0.3) is 0 Å². The van der Waals surface area contributed by atoms with Gasteiger partial charge in [0, 0.05) is 25.0 Å². The van der Waals surface area contributed by atoms with Crippen molar-refractivity contribution in [3.63, 3.8) is 0 Å². The fraction of sp³-hybridized carbons (Fsp3) is 0.438. The molecule has 0 aliphatic rings. The second-order valence-corrected chi connectivity index (χ2v) is 5.86. The third-order valence-corrected chi connectivity index (χ3v) is 4.13. The van der Waals surface area contributed by atoms with Gasteiger partial charge in [-0.1, -0.05) is 37.3 Å². The minimum Gasteiger partial charge on any atom is -0.375 e. The van der Waals surface area contributed by atoms with Crippen molar-refractivity contribution in [1.29, 1.82) is 0 Å². The summed E-state index contributed by atoms with van der Waals surface area (Å²) in [6.07, 6.45) is 0.920. The van der Waals surface area contributed by atoms with Crippen LogP contribution in [0.3, 0.4) is 0 Å². The summed E-state index contributed by atoms with van der Waals surface area (Å²) in [4.78, 5) is 4.57. The van der Waals surface area contributed by atoms with Crippen LogP contribution in [0, 0.1) is 6.92 Å². The molecular weight excluding hydrogens is 268 g/mol. The number of hydrogen-bond acceptors (Lipinski definition) is 4. The van der Waals surface area contributed by atoms with Gasteiger partial charge < -0.3 is 10.1 Å². The van der Waals surface area contributed by atoms with Crippen molar-refractivity contribution in [3.8, 4) is 0 Å². The lowest BCUT2D eigenvalue weighted by Crippen LogP contribution is -2.37. The van der Waals surface area contributed by atoms with Crippen LogP contribution in [0.5, 0.6) is 0 Å². The summed E-state index contributed by atoms with van der Waals surface area (Å²) in [5.41, 5.74) is 2.34. The highest BCUT2D eigenvalue weighted by Gasteiger charge is 2.23. The van der Waals surface area contributed by atoms with Crippen LogP contribution in [-0.2, 0) is 11.2 Å². The van der Waals surface area contributed by atoms with E-state index in [9.17, 15) is 0 Å². The number of nitrogens with one attached hydrogen (secondary N) is 1. The van der Waals surface area contributed by atoms with Crippen LogP contribution in [0.4, 0.5) is 0 Å². The van der Waals surface area contributed by atoms with Gasteiger partial charge in [-0.25, -0.2) is 4.98 Å². The number of aromatic nitrogens is 1. The zero-order chi connectivity index (χ0) is 14.4. The molecule has 0 fully saturated rings. The number of aryl methyl sites for hydroxylation is 1. The Morgan fingerprint density at radius 3 is 2.60 bits per heavy atom. The van der Waals surface area contributed by atoms with Gasteiger partial charge in [-0.3, -0.25) is 0 Å². The van der Waals surface area contributed by atoms with Crippen LogP contribution in [-0.4, -0.2) is 24.7 Å². The number of hydrogen-bond donors (Lipinski definition) is 1. The zero-order valence-corrected chi connectivity index (χ0v) is 13.1. The van der Waals surface area contributed by atoms with E-state index in [2.05, 4.69) is 46.9 Å². The van der Waals surface area contributed by atoms with Gasteiger partial charge in [-0.05, 0) is 19.0 Å². The van der Waals surface area contributed by atoms with Gasteiger partial charge in [0.05, 0.1) is 16.8 Å². The second kappa shape index (κ2) is 7.53. The second-order valence-electron chi connectivity index (χ2n) is 4.79. The summed E-state index contributed by atoms with van der Waals surface area (Å²) in [5.74, 6) is 0. The molecular formula is C16H22N2OS. The van der Waals surface area contributed by atoms with Crippen molar-refractivity contribution >= 4 is 11.3 Å². The highest BCUT2D eigenvalue weighted by atomic mass is 32.1. The minimum atomic E-state index is 0.0400. The Morgan fingerprint density at radius 2 is 2.05 bits per heavy atom. The third-order valence-electron chi connectivity index (χ3n) is 3.31. The average Bonchev–Trinajstić information content (AvgIpc) is 2.86. The van der Waals surface area contributed by atoms with Crippen molar-refractivity contribution in [1.82, 2.24) is 10.3 Å². The molecule has 1 aromatic heterocycles. The molecule has 4 heteroatoms. The number of methoxy groups -OCH3 is 1. The van der Waals surface area contributed by atoms with Gasteiger partial charge in [-0.2, -0.15) is 0 Å². The zero-order valence-electron chi connectivity index (χ0n) is 12.3. The summed E-state index contributed by atoms with van der Waals surface area (Å²) < 4.78 is 5.74. The molecule has 2 unspecified atom stereocenters. The Bertz CT molecular complexity index is 512. The molecule has 0 saturated carbocycles. The lowest BCUT2D eigenvalue weighted by atomic mass is 9.98. The molecule has 3 nitrogen and oxygen atoms in total. The number of nitrogens with zero attached hydrogens (tertiary/aromatic N) is 1. The third kappa shape index (κ3) is 3.88. The molecule has 0 saturated heterocycles. The highest BCUT2D eigenvalue weighted by molar-refractivity contribution is 7.09. The largest absolute Gasteiger partial charge is 0.375 e. The maximum Gasteiger partial charge on any atom is 0.0977 e. The lowest BCUT2D eigenvalue weighted by Gasteiger charge is -2.26. The van der Waals surface area contributed by atoms with Crippen molar-refractivity contribution in [2.24, 2.45) is 0 Å². The van der Waals surface area contributed by atoms with Crippen LogP contribution in [0.2, 0.25) is 0 Å². The van der Waals surface area contributed by atoms with Crippen LogP contribution >= 0.6 is 11.3 Å². The molecule has 1 heterocycles. The maximum absolute atomic E-state index is 5.74. The van der Waals surface area contributed by atoms with E-state index < -0.39 is 0 Å². The first kappa shape index (κ1) is 15.2. The van der Waals surface area contributed by atoms with Gasteiger partial charge in [0.25, 0.3) is 0 Å². The number of ether oxygens (including phenoxy) is 1. The van der Waals surface area contributed by atoms with Crippen molar-refractivity contribution in [2.45, 2.75) is 32.4 Å². The molecule has 2 rings (SSSR count). The smallest absolute Gasteiger partial charge is 0.0977 e. The van der Waals surface area contributed by atoms with E-state index in [1.165, 1.54) is 5.56 Å². The Kier molecular flexibility index (Phi) is 5.71. The van der Waals surface area contributed by atoms with Crippen molar-refractivity contribution in [2.75, 3.05) is 13.7 Å². The summed E-state index contributed by atoms with van der Waals surface area (Å²) in [6, 6.07) is 10.6.